The minimum Gasteiger partial charge on any atom is -0.454 e. The van der Waals surface area contributed by atoms with Crippen LogP contribution >= 0.6 is 12.6 Å². The summed E-state index contributed by atoms with van der Waals surface area (Å²) in [4.78, 5) is 0. The van der Waals surface area contributed by atoms with Crippen molar-refractivity contribution in [3.05, 3.63) is 29.8 Å². The number of rotatable bonds is 2. The molecule has 1 aliphatic heterocycles. The van der Waals surface area contributed by atoms with E-state index < -0.39 is 0 Å². The van der Waals surface area contributed by atoms with Crippen molar-refractivity contribution in [2.45, 2.75) is 0 Å². The summed E-state index contributed by atoms with van der Waals surface area (Å²) in [5.41, 5.74) is 1.11. The molecule has 0 aliphatic carbocycles. The Hall–Kier alpha value is -1.09. The third kappa shape index (κ3) is 1.80. The summed E-state index contributed by atoms with van der Waals surface area (Å²) in [6, 6.07) is 5.87. The van der Waals surface area contributed by atoms with Gasteiger partial charge in [-0.1, -0.05) is 18.2 Å². The van der Waals surface area contributed by atoms with E-state index in [-0.39, 0.29) is 0 Å². The van der Waals surface area contributed by atoms with Gasteiger partial charge in [0.05, 0.1) is 0 Å². The Kier molecular flexibility index (Phi) is 2.45. The largest absolute Gasteiger partial charge is 0.454 e. The van der Waals surface area contributed by atoms with Gasteiger partial charge in [-0.25, -0.2) is 0 Å². The molecule has 1 heterocycles. The predicted molar refractivity (Wildman–Crippen MR) is 55.5 cm³/mol. The van der Waals surface area contributed by atoms with E-state index in [9.17, 15) is 0 Å². The van der Waals surface area contributed by atoms with E-state index in [2.05, 4.69) is 12.6 Å². The summed E-state index contributed by atoms with van der Waals surface area (Å²) in [7, 11) is 0. The molecule has 1 aromatic rings. The van der Waals surface area contributed by atoms with Gasteiger partial charge in [-0.3, -0.25) is 0 Å². The molecular weight excluding hydrogens is 184 g/mol. The Balaban J connectivity index is 2.25. The van der Waals surface area contributed by atoms with Gasteiger partial charge in [-0.15, -0.1) is 0 Å². The minimum atomic E-state index is 0.328. The van der Waals surface area contributed by atoms with Gasteiger partial charge < -0.3 is 9.47 Å². The van der Waals surface area contributed by atoms with Crippen molar-refractivity contribution in [2.24, 2.45) is 0 Å². The Bertz CT molecular complexity index is 334. The number of hydrogen-bond acceptors (Lipinski definition) is 3. The summed E-state index contributed by atoms with van der Waals surface area (Å²) in [5.74, 6) is 2.39. The molecule has 0 fully saturated rings. The zero-order valence-corrected chi connectivity index (χ0v) is 7.96. The molecule has 0 saturated heterocycles. The van der Waals surface area contributed by atoms with Crippen molar-refractivity contribution in [2.75, 3.05) is 12.5 Å². The van der Waals surface area contributed by atoms with Crippen molar-refractivity contribution in [3.63, 3.8) is 0 Å². The Morgan fingerprint density at radius 1 is 1.31 bits per heavy atom. The summed E-state index contributed by atoms with van der Waals surface area (Å²) in [6.07, 6.45) is 4.00. The average Bonchev–Trinajstić information content (AvgIpc) is 2.61. The monoisotopic (exact) mass is 194 g/mol. The van der Waals surface area contributed by atoms with Crippen LogP contribution in [0.4, 0.5) is 0 Å². The minimum absolute atomic E-state index is 0.328. The first kappa shape index (κ1) is 8.51. The van der Waals surface area contributed by atoms with Crippen LogP contribution in [0, 0.1) is 0 Å². The van der Waals surface area contributed by atoms with Crippen LogP contribution in [0.3, 0.4) is 0 Å². The van der Waals surface area contributed by atoms with E-state index in [0.29, 0.717) is 6.79 Å². The summed E-state index contributed by atoms with van der Waals surface area (Å²) < 4.78 is 10.4. The van der Waals surface area contributed by atoms with Gasteiger partial charge in [0, 0.05) is 5.75 Å². The molecule has 2 rings (SSSR count). The van der Waals surface area contributed by atoms with E-state index >= 15 is 0 Å². The molecule has 0 spiro atoms. The third-order valence-electron chi connectivity index (χ3n) is 1.81. The zero-order valence-electron chi connectivity index (χ0n) is 7.06. The van der Waals surface area contributed by atoms with Crippen LogP contribution in [-0.4, -0.2) is 12.5 Å². The highest BCUT2D eigenvalue weighted by Gasteiger charge is 2.11. The lowest BCUT2D eigenvalue weighted by Gasteiger charge is -1.96. The fraction of sp³-hybridized carbons (Fsp3) is 0.200. The van der Waals surface area contributed by atoms with Crippen molar-refractivity contribution < 1.29 is 9.47 Å². The van der Waals surface area contributed by atoms with Crippen LogP contribution in [0.2, 0.25) is 0 Å². The topological polar surface area (TPSA) is 18.5 Å². The number of benzene rings is 1. The molecular formula is C10H10O2S. The molecule has 0 N–H and O–H groups in total. The maximum atomic E-state index is 5.24. The molecule has 13 heavy (non-hydrogen) atoms. The molecule has 0 aromatic heterocycles. The molecule has 0 saturated carbocycles. The first-order chi connectivity index (χ1) is 6.40. The van der Waals surface area contributed by atoms with Crippen LogP contribution < -0.4 is 9.47 Å². The highest BCUT2D eigenvalue weighted by molar-refractivity contribution is 7.80. The van der Waals surface area contributed by atoms with Crippen LogP contribution in [0.5, 0.6) is 11.5 Å². The van der Waals surface area contributed by atoms with Gasteiger partial charge in [0.15, 0.2) is 11.5 Å². The van der Waals surface area contributed by atoms with Crippen molar-refractivity contribution in [1.82, 2.24) is 0 Å². The standard InChI is InChI=1S/C10H10O2S/c13-5-1-2-8-3-4-9-10(6-8)12-7-11-9/h1-4,6,13H,5,7H2. The van der Waals surface area contributed by atoms with Gasteiger partial charge >= 0.3 is 0 Å². The Morgan fingerprint density at radius 3 is 3.00 bits per heavy atom. The first-order valence-electron chi connectivity index (χ1n) is 4.07. The van der Waals surface area contributed by atoms with Crippen LogP contribution in [0.15, 0.2) is 24.3 Å². The third-order valence-corrected chi connectivity index (χ3v) is 2.02. The second-order valence-electron chi connectivity index (χ2n) is 2.70. The van der Waals surface area contributed by atoms with E-state index in [1.54, 1.807) is 0 Å². The van der Waals surface area contributed by atoms with E-state index in [1.165, 1.54) is 0 Å². The fourth-order valence-corrected chi connectivity index (χ4v) is 1.31. The number of ether oxygens (including phenoxy) is 2. The summed E-state index contributed by atoms with van der Waals surface area (Å²) in [5, 5.41) is 0. The van der Waals surface area contributed by atoms with E-state index in [0.717, 1.165) is 22.8 Å². The lowest BCUT2D eigenvalue weighted by atomic mass is 10.2. The normalized spacial score (nSPS) is 13.9. The second kappa shape index (κ2) is 3.75. The molecule has 0 atom stereocenters. The SMILES string of the molecule is SCC=Cc1ccc2c(c1)OCO2. The molecule has 0 unspecified atom stereocenters. The molecule has 0 amide bonds. The lowest BCUT2D eigenvalue weighted by molar-refractivity contribution is 0.174. The zero-order chi connectivity index (χ0) is 9.10. The maximum absolute atomic E-state index is 5.24. The molecule has 0 bridgehead atoms. The molecule has 3 heteroatoms. The number of hydrogen-bond donors (Lipinski definition) is 1. The second-order valence-corrected chi connectivity index (χ2v) is 3.06. The Labute approximate surface area is 82.6 Å². The fourth-order valence-electron chi connectivity index (χ4n) is 1.21. The quantitative estimate of drug-likeness (QED) is 0.728. The van der Waals surface area contributed by atoms with Gasteiger partial charge in [0.1, 0.15) is 0 Å². The van der Waals surface area contributed by atoms with Gasteiger partial charge in [-0.2, -0.15) is 12.6 Å². The molecule has 2 nitrogen and oxygen atoms in total. The van der Waals surface area contributed by atoms with Crippen LogP contribution in [0.1, 0.15) is 5.56 Å². The first-order valence-corrected chi connectivity index (χ1v) is 4.70. The number of thiol groups is 1. The van der Waals surface area contributed by atoms with Gasteiger partial charge in [-0.05, 0) is 17.7 Å². The smallest absolute Gasteiger partial charge is 0.231 e. The van der Waals surface area contributed by atoms with E-state index in [4.69, 9.17) is 9.47 Å². The van der Waals surface area contributed by atoms with Crippen molar-refractivity contribution in [1.29, 1.82) is 0 Å². The lowest BCUT2D eigenvalue weighted by Crippen LogP contribution is -1.92. The van der Waals surface area contributed by atoms with Crippen LogP contribution in [0.25, 0.3) is 6.08 Å². The molecule has 1 aromatic carbocycles. The summed E-state index contributed by atoms with van der Waals surface area (Å²) in [6.45, 7) is 0.328. The highest BCUT2D eigenvalue weighted by atomic mass is 32.1. The van der Waals surface area contributed by atoms with Crippen molar-refractivity contribution >= 4 is 18.7 Å². The van der Waals surface area contributed by atoms with Gasteiger partial charge in [0.25, 0.3) is 0 Å². The molecule has 1 aliphatic rings. The van der Waals surface area contributed by atoms with Gasteiger partial charge in [0.2, 0.25) is 6.79 Å². The van der Waals surface area contributed by atoms with E-state index in [1.807, 2.05) is 30.4 Å². The molecule has 0 radical (unpaired) electrons. The maximum Gasteiger partial charge on any atom is 0.231 e. The Morgan fingerprint density at radius 2 is 2.15 bits per heavy atom. The molecule has 68 valence electrons. The predicted octanol–water partition coefficient (Wildman–Crippen LogP) is 2.36. The average molecular weight is 194 g/mol. The highest BCUT2D eigenvalue weighted by Crippen LogP contribution is 2.32. The van der Waals surface area contributed by atoms with Crippen LogP contribution in [-0.2, 0) is 0 Å². The number of fused-ring (bicyclic) bond motifs is 1. The van der Waals surface area contributed by atoms with Crippen molar-refractivity contribution in [3.8, 4) is 11.5 Å². The summed E-state index contributed by atoms with van der Waals surface area (Å²) >= 11 is 4.09.